The fraction of sp³-hybridized carbons (Fsp3) is 0.692. The van der Waals surface area contributed by atoms with E-state index in [1.807, 2.05) is 18.7 Å². The Labute approximate surface area is 123 Å². The summed E-state index contributed by atoms with van der Waals surface area (Å²) in [6, 6.07) is 0. The van der Waals surface area contributed by atoms with Crippen LogP contribution >= 0.6 is 0 Å². The summed E-state index contributed by atoms with van der Waals surface area (Å²) in [4.78, 5) is 20.9. The van der Waals surface area contributed by atoms with Crippen LogP contribution in [0.3, 0.4) is 0 Å². The predicted molar refractivity (Wildman–Crippen MR) is 79.5 cm³/mol. The van der Waals surface area contributed by atoms with Gasteiger partial charge in [-0.05, 0) is 18.8 Å². The Bertz CT molecular complexity index is 511. The van der Waals surface area contributed by atoms with Gasteiger partial charge in [-0.25, -0.2) is 9.97 Å². The smallest absolute Gasteiger partial charge is 0.353 e. The van der Waals surface area contributed by atoms with Gasteiger partial charge in [0.05, 0.1) is 11.0 Å². The fourth-order valence-corrected chi connectivity index (χ4v) is 2.47. The lowest BCUT2D eigenvalue weighted by Crippen LogP contribution is -2.42. The molecule has 1 saturated heterocycles. The first-order valence-corrected chi connectivity index (χ1v) is 7.20. The van der Waals surface area contributed by atoms with Crippen molar-refractivity contribution < 1.29 is 10.0 Å². The fourth-order valence-electron chi connectivity index (χ4n) is 2.47. The van der Waals surface area contributed by atoms with Crippen molar-refractivity contribution in [2.24, 2.45) is 5.92 Å². The van der Waals surface area contributed by atoms with Crippen molar-refractivity contribution in [3.8, 4) is 0 Å². The zero-order chi connectivity index (χ0) is 15.4. The maximum atomic E-state index is 11.4. The number of aromatic nitrogens is 2. The molecule has 0 spiro atoms. The van der Waals surface area contributed by atoms with E-state index in [9.17, 15) is 15.2 Å². The predicted octanol–water partition coefficient (Wildman–Crippen LogP) is 1.41. The second-order valence-corrected chi connectivity index (χ2v) is 5.36. The number of nitrogens with one attached hydrogen (secondary N) is 1. The number of piperidine rings is 1. The maximum Gasteiger partial charge on any atom is 0.353 e. The van der Waals surface area contributed by atoms with Crippen molar-refractivity contribution in [1.82, 2.24) is 9.97 Å². The van der Waals surface area contributed by atoms with Crippen LogP contribution < -0.4 is 10.2 Å². The van der Waals surface area contributed by atoms with Crippen molar-refractivity contribution in [3.05, 3.63) is 16.4 Å². The highest BCUT2D eigenvalue weighted by molar-refractivity contribution is 5.70. The molecule has 0 saturated carbocycles. The summed E-state index contributed by atoms with van der Waals surface area (Å²) in [6.45, 7) is 5.63. The average Bonchev–Trinajstić information content (AvgIpc) is 2.47. The van der Waals surface area contributed by atoms with Crippen LogP contribution in [-0.2, 0) is 0 Å². The molecule has 0 aliphatic carbocycles. The van der Waals surface area contributed by atoms with Gasteiger partial charge in [-0.3, -0.25) is 10.1 Å². The van der Waals surface area contributed by atoms with Crippen molar-refractivity contribution in [2.45, 2.75) is 32.8 Å². The van der Waals surface area contributed by atoms with Crippen LogP contribution in [0.15, 0.2) is 6.33 Å². The Morgan fingerprint density at radius 2 is 2.33 bits per heavy atom. The Kier molecular flexibility index (Phi) is 4.89. The molecule has 1 aliphatic heterocycles. The Morgan fingerprint density at radius 3 is 2.95 bits per heavy atom. The first kappa shape index (κ1) is 15.4. The SMILES string of the molecule is CCCNc1ncnc(N2CCC(O)C(C)C2)c1[N+](=O)[O-]. The van der Waals surface area contributed by atoms with Gasteiger partial charge < -0.3 is 15.3 Å². The van der Waals surface area contributed by atoms with Gasteiger partial charge in [0.2, 0.25) is 11.6 Å². The molecule has 1 aromatic heterocycles. The van der Waals surface area contributed by atoms with Crippen molar-refractivity contribution >= 4 is 17.3 Å². The second-order valence-electron chi connectivity index (χ2n) is 5.36. The van der Waals surface area contributed by atoms with E-state index in [-0.39, 0.29) is 23.5 Å². The molecule has 21 heavy (non-hydrogen) atoms. The van der Waals surface area contributed by atoms with Crippen LogP contribution in [0.1, 0.15) is 26.7 Å². The van der Waals surface area contributed by atoms with Crippen LogP contribution in [0.25, 0.3) is 0 Å². The molecule has 2 unspecified atom stereocenters. The standard InChI is InChI=1S/C13H21N5O3/c1-3-5-14-12-11(18(20)21)13(16-8-15-12)17-6-4-10(19)9(2)7-17/h8-10,19H,3-7H2,1-2H3,(H,14,15,16). The summed E-state index contributed by atoms with van der Waals surface area (Å²) in [5, 5.41) is 24.2. The molecule has 8 heteroatoms. The highest BCUT2D eigenvalue weighted by Gasteiger charge is 2.31. The molecule has 2 atom stereocenters. The summed E-state index contributed by atoms with van der Waals surface area (Å²) in [5.74, 6) is 0.637. The largest absolute Gasteiger partial charge is 0.393 e. The van der Waals surface area contributed by atoms with Gasteiger partial charge in [0.1, 0.15) is 6.33 Å². The number of nitro groups is 1. The molecule has 2 heterocycles. The molecule has 0 aromatic carbocycles. The molecule has 2 rings (SSSR count). The van der Waals surface area contributed by atoms with Gasteiger partial charge in [0, 0.05) is 19.6 Å². The topological polar surface area (TPSA) is 104 Å². The lowest BCUT2D eigenvalue weighted by Gasteiger charge is -2.34. The highest BCUT2D eigenvalue weighted by atomic mass is 16.6. The summed E-state index contributed by atoms with van der Waals surface area (Å²) in [6.07, 6.45) is 2.42. The molecule has 0 amide bonds. The summed E-state index contributed by atoms with van der Waals surface area (Å²) >= 11 is 0. The van der Waals surface area contributed by atoms with E-state index in [1.165, 1.54) is 6.33 Å². The summed E-state index contributed by atoms with van der Waals surface area (Å²) in [7, 11) is 0. The molecule has 8 nitrogen and oxygen atoms in total. The van der Waals surface area contributed by atoms with Gasteiger partial charge in [-0.2, -0.15) is 0 Å². The van der Waals surface area contributed by atoms with Crippen LogP contribution in [0.5, 0.6) is 0 Å². The average molecular weight is 295 g/mol. The molecule has 0 radical (unpaired) electrons. The molecule has 2 N–H and O–H groups in total. The lowest BCUT2D eigenvalue weighted by atomic mass is 9.97. The minimum absolute atomic E-state index is 0.0559. The van der Waals surface area contributed by atoms with E-state index < -0.39 is 4.92 Å². The number of hydrogen-bond acceptors (Lipinski definition) is 7. The quantitative estimate of drug-likeness (QED) is 0.625. The van der Waals surface area contributed by atoms with Gasteiger partial charge in [-0.1, -0.05) is 13.8 Å². The number of hydrogen-bond donors (Lipinski definition) is 2. The number of anilines is 2. The van der Waals surface area contributed by atoms with E-state index in [1.54, 1.807) is 0 Å². The van der Waals surface area contributed by atoms with Gasteiger partial charge in [-0.15, -0.1) is 0 Å². The third-order valence-corrected chi connectivity index (χ3v) is 3.69. The third kappa shape index (κ3) is 3.38. The van der Waals surface area contributed by atoms with E-state index in [0.29, 0.717) is 31.9 Å². The number of nitrogens with zero attached hydrogens (tertiary/aromatic N) is 4. The first-order chi connectivity index (χ1) is 10.0. The van der Waals surface area contributed by atoms with Crippen LogP contribution in [0.4, 0.5) is 17.3 Å². The van der Waals surface area contributed by atoms with E-state index in [2.05, 4.69) is 15.3 Å². The number of aliphatic hydroxyl groups is 1. The molecular formula is C13H21N5O3. The first-order valence-electron chi connectivity index (χ1n) is 7.20. The molecule has 1 aromatic rings. The van der Waals surface area contributed by atoms with E-state index >= 15 is 0 Å². The second kappa shape index (κ2) is 6.66. The maximum absolute atomic E-state index is 11.4. The Balaban J connectivity index is 2.32. The molecule has 1 fully saturated rings. The Morgan fingerprint density at radius 1 is 1.57 bits per heavy atom. The highest BCUT2D eigenvalue weighted by Crippen LogP contribution is 2.33. The Hall–Kier alpha value is -1.96. The van der Waals surface area contributed by atoms with Gasteiger partial charge in [0.15, 0.2) is 0 Å². The number of aliphatic hydroxyl groups excluding tert-OH is 1. The minimum atomic E-state index is -0.441. The van der Waals surface area contributed by atoms with Crippen molar-refractivity contribution in [1.29, 1.82) is 0 Å². The van der Waals surface area contributed by atoms with Crippen molar-refractivity contribution in [2.75, 3.05) is 29.9 Å². The zero-order valence-electron chi connectivity index (χ0n) is 12.3. The molecular weight excluding hydrogens is 274 g/mol. The zero-order valence-corrected chi connectivity index (χ0v) is 12.3. The minimum Gasteiger partial charge on any atom is -0.393 e. The van der Waals surface area contributed by atoms with E-state index in [4.69, 9.17) is 0 Å². The van der Waals surface area contributed by atoms with E-state index in [0.717, 1.165) is 6.42 Å². The van der Waals surface area contributed by atoms with Crippen LogP contribution in [0.2, 0.25) is 0 Å². The molecule has 116 valence electrons. The van der Waals surface area contributed by atoms with Crippen molar-refractivity contribution in [3.63, 3.8) is 0 Å². The summed E-state index contributed by atoms with van der Waals surface area (Å²) in [5.41, 5.74) is -0.0884. The van der Waals surface area contributed by atoms with Crippen LogP contribution in [0, 0.1) is 16.0 Å². The van der Waals surface area contributed by atoms with Gasteiger partial charge >= 0.3 is 5.69 Å². The summed E-state index contributed by atoms with van der Waals surface area (Å²) < 4.78 is 0. The lowest BCUT2D eigenvalue weighted by molar-refractivity contribution is -0.383. The molecule has 1 aliphatic rings. The normalized spacial score (nSPS) is 22.1. The van der Waals surface area contributed by atoms with Crippen LogP contribution in [-0.4, -0.2) is 45.7 Å². The molecule has 0 bridgehead atoms. The van der Waals surface area contributed by atoms with Gasteiger partial charge in [0.25, 0.3) is 0 Å². The number of rotatable bonds is 5. The monoisotopic (exact) mass is 295 g/mol. The third-order valence-electron chi connectivity index (χ3n) is 3.69.